The van der Waals surface area contributed by atoms with E-state index in [-0.39, 0.29) is 24.8 Å². The quantitative estimate of drug-likeness (QED) is 0.749. The van der Waals surface area contributed by atoms with Crippen LogP contribution in [0.5, 0.6) is 5.75 Å². The Bertz CT molecular complexity index is 428. The zero-order valence-electron chi connectivity index (χ0n) is 11.1. The second-order valence-corrected chi connectivity index (χ2v) is 4.25. The van der Waals surface area contributed by atoms with Crippen LogP contribution in [0.4, 0.5) is 0 Å². The smallest absolute Gasteiger partial charge is 0.246 e. The lowest BCUT2D eigenvalue weighted by Crippen LogP contribution is -2.35. The lowest BCUT2D eigenvalue weighted by Gasteiger charge is -2.18. The van der Waals surface area contributed by atoms with Gasteiger partial charge in [-0.05, 0) is 23.8 Å². The van der Waals surface area contributed by atoms with Gasteiger partial charge in [0.1, 0.15) is 5.75 Å². The standard InChI is InChI=1S/C14H19NO4/c1-15(9-13(17)10-19-2)14(18)8-5-11-3-6-12(16)7-4-11/h3-8,13,16-17H,9-10H2,1-2H3. The molecule has 1 aromatic carbocycles. The highest BCUT2D eigenvalue weighted by molar-refractivity contribution is 5.91. The number of nitrogens with zero attached hydrogens (tertiary/aromatic N) is 1. The first-order valence-corrected chi connectivity index (χ1v) is 5.92. The summed E-state index contributed by atoms with van der Waals surface area (Å²) in [6.45, 7) is 0.409. The van der Waals surface area contributed by atoms with E-state index in [0.717, 1.165) is 5.56 Å². The first-order chi connectivity index (χ1) is 9.02. The van der Waals surface area contributed by atoms with Crippen LogP contribution in [0.15, 0.2) is 30.3 Å². The van der Waals surface area contributed by atoms with E-state index in [0.29, 0.717) is 0 Å². The maximum absolute atomic E-state index is 11.8. The minimum atomic E-state index is -0.693. The molecule has 0 aliphatic rings. The highest BCUT2D eigenvalue weighted by atomic mass is 16.5. The third kappa shape index (κ3) is 5.54. The molecule has 1 aromatic rings. The van der Waals surface area contributed by atoms with Gasteiger partial charge in [-0.25, -0.2) is 0 Å². The summed E-state index contributed by atoms with van der Waals surface area (Å²) in [6, 6.07) is 6.52. The maximum Gasteiger partial charge on any atom is 0.246 e. The number of amides is 1. The van der Waals surface area contributed by atoms with Crippen LogP contribution < -0.4 is 0 Å². The van der Waals surface area contributed by atoms with E-state index < -0.39 is 6.10 Å². The average molecular weight is 265 g/mol. The first-order valence-electron chi connectivity index (χ1n) is 5.92. The van der Waals surface area contributed by atoms with Crippen molar-refractivity contribution in [2.75, 3.05) is 27.3 Å². The number of carbonyl (C=O) groups excluding carboxylic acids is 1. The molecule has 0 aliphatic heterocycles. The molecule has 0 spiro atoms. The Morgan fingerprint density at radius 2 is 2.05 bits per heavy atom. The zero-order chi connectivity index (χ0) is 14.3. The molecule has 104 valence electrons. The van der Waals surface area contributed by atoms with Crippen molar-refractivity contribution in [1.29, 1.82) is 0 Å². The van der Waals surface area contributed by atoms with E-state index in [9.17, 15) is 9.90 Å². The number of hydrogen-bond donors (Lipinski definition) is 2. The molecule has 1 amide bonds. The Balaban J connectivity index is 2.51. The number of rotatable bonds is 6. The van der Waals surface area contributed by atoms with Crippen molar-refractivity contribution < 1.29 is 19.7 Å². The summed E-state index contributed by atoms with van der Waals surface area (Å²) >= 11 is 0. The third-order valence-electron chi connectivity index (χ3n) is 2.53. The number of aliphatic hydroxyl groups excluding tert-OH is 1. The predicted octanol–water partition coefficient (Wildman–Crippen LogP) is 0.871. The summed E-state index contributed by atoms with van der Waals surface area (Å²) in [4.78, 5) is 13.2. The number of aromatic hydroxyl groups is 1. The molecule has 0 aliphatic carbocycles. The Labute approximate surface area is 112 Å². The van der Waals surface area contributed by atoms with Crippen LogP contribution in [0.1, 0.15) is 5.56 Å². The molecular weight excluding hydrogens is 246 g/mol. The number of ether oxygens (including phenoxy) is 1. The normalized spacial score (nSPS) is 12.6. The second-order valence-electron chi connectivity index (χ2n) is 4.25. The van der Waals surface area contributed by atoms with Gasteiger partial charge in [0.05, 0.1) is 12.7 Å². The monoisotopic (exact) mass is 265 g/mol. The topological polar surface area (TPSA) is 70.0 Å². The van der Waals surface area contributed by atoms with E-state index >= 15 is 0 Å². The largest absolute Gasteiger partial charge is 0.508 e. The fourth-order valence-electron chi connectivity index (χ4n) is 1.53. The summed E-state index contributed by atoms with van der Waals surface area (Å²) < 4.78 is 4.80. The van der Waals surface area contributed by atoms with Crippen molar-refractivity contribution in [3.8, 4) is 5.75 Å². The van der Waals surface area contributed by atoms with Crippen LogP contribution in [0.25, 0.3) is 6.08 Å². The van der Waals surface area contributed by atoms with E-state index in [2.05, 4.69) is 0 Å². The Kier molecular flexibility index (Phi) is 6.05. The summed E-state index contributed by atoms with van der Waals surface area (Å²) in [5.41, 5.74) is 0.817. The number of methoxy groups -OCH3 is 1. The lowest BCUT2D eigenvalue weighted by molar-refractivity contribution is -0.126. The Morgan fingerprint density at radius 1 is 1.42 bits per heavy atom. The second kappa shape index (κ2) is 7.56. The summed E-state index contributed by atoms with van der Waals surface area (Å²) in [6.07, 6.45) is 2.38. The van der Waals surface area contributed by atoms with Gasteiger partial charge in [0.15, 0.2) is 0 Å². The molecule has 1 unspecified atom stereocenters. The zero-order valence-corrected chi connectivity index (χ0v) is 11.1. The molecule has 0 bridgehead atoms. The van der Waals surface area contributed by atoms with Gasteiger partial charge in [-0.15, -0.1) is 0 Å². The van der Waals surface area contributed by atoms with Crippen LogP contribution in [0, 0.1) is 0 Å². The number of aliphatic hydroxyl groups is 1. The molecule has 19 heavy (non-hydrogen) atoms. The van der Waals surface area contributed by atoms with Gasteiger partial charge >= 0.3 is 0 Å². The summed E-state index contributed by atoms with van der Waals surface area (Å²) in [7, 11) is 3.11. The molecule has 5 heteroatoms. The van der Waals surface area contributed by atoms with Crippen molar-refractivity contribution in [2.24, 2.45) is 0 Å². The molecule has 0 saturated heterocycles. The number of phenolic OH excluding ortho intramolecular Hbond substituents is 1. The van der Waals surface area contributed by atoms with Crippen LogP contribution in [0.3, 0.4) is 0 Å². The highest BCUT2D eigenvalue weighted by Gasteiger charge is 2.10. The van der Waals surface area contributed by atoms with Crippen LogP contribution >= 0.6 is 0 Å². The van der Waals surface area contributed by atoms with Gasteiger partial charge < -0.3 is 19.8 Å². The number of hydrogen-bond acceptors (Lipinski definition) is 4. The van der Waals surface area contributed by atoms with Crippen molar-refractivity contribution >= 4 is 12.0 Å². The summed E-state index contributed by atoms with van der Waals surface area (Å²) in [5, 5.41) is 18.6. The SMILES string of the molecule is COCC(O)CN(C)C(=O)C=Cc1ccc(O)cc1. The molecule has 1 rings (SSSR count). The number of carbonyl (C=O) groups is 1. The predicted molar refractivity (Wildman–Crippen MR) is 72.7 cm³/mol. The van der Waals surface area contributed by atoms with Gasteiger partial charge in [-0.2, -0.15) is 0 Å². The molecule has 1 atom stereocenters. The van der Waals surface area contributed by atoms with E-state index in [1.807, 2.05) is 0 Å². The van der Waals surface area contributed by atoms with Crippen LogP contribution in [0.2, 0.25) is 0 Å². The van der Waals surface area contributed by atoms with E-state index in [1.165, 1.54) is 18.1 Å². The molecule has 0 aromatic heterocycles. The fraction of sp³-hybridized carbons (Fsp3) is 0.357. The van der Waals surface area contributed by atoms with Gasteiger partial charge in [0, 0.05) is 26.8 Å². The fourth-order valence-corrected chi connectivity index (χ4v) is 1.53. The highest BCUT2D eigenvalue weighted by Crippen LogP contribution is 2.10. The van der Waals surface area contributed by atoms with Crippen molar-refractivity contribution in [3.63, 3.8) is 0 Å². The number of likely N-dealkylation sites (N-methyl/N-ethyl adjacent to an activating group) is 1. The number of benzene rings is 1. The van der Waals surface area contributed by atoms with E-state index in [4.69, 9.17) is 9.84 Å². The minimum Gasteiger partial charge on any atom is -0.508 e. The van der Waals surface area contributed by atoms with Crippen molar-refractivity contribution in [2.45, 2.75) is 6.10 Å². The Hall–Kier alpha value is -1.85. The third-order valence-corrected chi connectivity index (χ3v) is 2.53. The van der Waals surface area contributed by atoms with Gasteiger partial charge in [-0.1, -0.05) is 12.1 Å². The minimum absolute atomic E-state index is 0.184. The van der Waals surface area contributed by atoms with Gasteiger partial charge in [0.2, 0.25) is 5.91 Å². The molecule has 0 fully saturated rings. The Morgan fingerprint density at radius 3 is 2.63 bits per heavy atom. The van der Waals surface area contributed by atoms with Crippen LogP contribution in [-0.2, 0) is 9.53 Å². The average Bonchev–Trinajstić information content (AvgIpc) is 2.37. The molecule has 0 radical (unpaired) electrons. The molecular formula is C14H19NO4. The molecule has 5 nitrogen and oxygen atoms in total. The van der Waals surface area contributed by atoms with Crippen LogP contribution in [-0.4, -0.2) is 54.4 Å². The van der Waals surface area contributed by atoms with Crippen molar-refractivity contribution in [3.05, 3.63) is 35.9 Å². The number of phenols is 1. The molecule has 0 heterocycles. The molecule has 0 saturated carbocycles. The lowest BCUT2D eigenvalue weighted by atomic mass is 10.2. The first kappa shape index (κ1) is 15.2. The molecule has 2 N–H and O–H groups in total. The van der Waals surface area contributed by atoms with Gasteiger partial charge in [-0.3, -0.25) is 4.79 Å². The maximum atomic E-state index is 11.8. The van der Waals surface area contributed by atoms with Gasteiger partial charge in [0.25, 0.3) is 0 Å². The van der Waals surface area contributed by atoms with E-state index in [1.54, 1.807) is 37.4 Å². The summed E-state index contributed by atoms with van der Waals surface area (Å²) in [5.74, 6) is -0.0217. The van der Waals surface area contributed by atoms with Crippen molar-refractivity contribution in [1.82, 2.24) is 4.90 Å².